The second-order valence-corrected chi connectivity index (χ2v) is 12.1. The van der Waals surface area contributed by atoms with Crippen molar-refractivity contribution in [1.29, 1.82) is 0 Å². The first-order valence-electron chi connectivity index (χ1n) is 16.5. The van der Waals surface area contributed by atoms with Gasteiger partial charge in [0.1, 0.15) is 22.7 Å². The second kappa shape index (κ2) is 12.6. The molecule has 50 heavy (non-hydrogen) atoms. The third-order valence-corrected chi connectivity index (χ3v) is 8.83. The number of rotatable bonds is 7. The van der Waals surface area contributed by atoms with Gasteiger partial charge in [-0.1, -0.05) is 133 Å². The maximum Gasteiger partial charge on any atom is 0.164 e. The Balaban J connectivity index is 0.922. The molecule has 0 amide bonds. The first-order valence-corrected chi connectivity index (χ1v) is 16.5. The summed E-state index contributed by atoms with van der Waals surface area (Å²) in [5.74, 6) is 3.48. The molecule has 0 spiro atoms. The maximum absolute atomic E-state index is 6.21. The third-order valence-electron chi connectivity index (χ3n) is 8.83. The predicted molar refractivity (Wildman–Crippen MR) is 201 cm³/mol. The van der Waals surface area contributed by atoms with Gasteiger partial charge in [0, 0.05) is 27.5 Å². The average Bonchev–Trinajstić information content (AvgIpc) is 3.57. The normalized spacial score (nSPS) is 11.2. The van der Waals surface area contributed by atoms with Crippen molar-refractivity contribution < 1.29 is 9.15 Å². The number of nitrogens with zero attached hydrogens (tertiary/aromatic N) is 3. The van der Waals surface area contributed by atoms with Gasteiger partial charge >= 0.3 is 0 Å². The Morgan fingerprint density at radius 3 is 1.28 bits per heavy atom. The van der Waals surface area contributed by atoms with Gasteiger partial charge in [0.25, 0.3) is 0 Å². The van der Waals surface area contributed by atoms with Crippen molar-refractivity contribution in [2.75, 3.05) is 0 Å². The molecule has 0 aliphatic rings. The van der Waals surface area contributed by atoms with Gasteiger partial charge in [-0.15, -0.1) is 0 Å². The maximum atomic E-state index is 6.21. The van der Waals surface area contributed by atoms with Crippen LogP contribution in [0.4, 0.5) is 0 Å². The number of hydrogen-bond donors (Lipinski definition) is 0. The summed E-state index contributed by atoms with van der Waals surface area (Å²) in [5.41, 5.74) is 9.05. The molecule has 0 fully saturated rings. The molecule has 0 radical (unpaired) electrons. The number of hydrogen-bond acceptors (Lipinski definition) is 5. The van der Waals surface area contributed by atoms with Crippen LogP contribution in [-0.2, 0) is 0 Å². The summed E-state index contributed by atoms with van der Waals surface area (Å²) in [4.78, 5) is 14.5. The second-order valence-electron chi connectivity index (χ2n) is 12.1. The van der Waals surface area contributed by atoms with Gasteiger partial charge in [-0.05, 0) is 64.7 Å². The van der Waals surface area contributed by atoms with Crippen molar-refractivity contribution >= 4 is 21.9 Å². The van der Waals surface area contributed by atoms with Crippen molar-refractivity contribution in [1.82, 2.24) is 15.0 Å². The molecule has 0 aliphatic carbocycles. The van der Waals surface area contributed by atoms with Gasteiger partial charge in [-0.2, -0.15) is 0 Å². The van der Waals surface area contributed by atoms with Crippen LogP contribution in [0.25, 0.3) is 78.4 Å². The standard InChI is InChI=1S/C45H29N3O2/c1-3-9-33(10-4-1)43-46-44(34-11-5-2-6-12-34)48-45(47-43)35-17-15-30(16-18-35)31-19-24-37(25-20-31)49-38-26-21-32(22-27-38)36-23-28-42-40(29-36)39-13-7-8-14-41(39)50-42/h1-29H. The number of ether oxygens (including phenoxy) is 1. The fourth-order valence-corrected chi connectivity index (χ4v) is 6.22. The first-order chi connectivity index (χ1) is 24.7. The Bertz CT molecular complexity index is 2520. The molecule has 0 bridgehead atoms. The van der Waals surface area contributed by atoms with Crippen LogP contribution >= 0.6 is 0 Å². The fourth-order valence-electron chi connectivity index (χ4n) is 6.22. The van der Waals surface area contributed by atoms with Gasteiger partial charge in [-0.25, -0.2) is 15.0 Å². The van der Waals surface area contributed by atoms with Crippen molar-refractivity contribution in [3.05, 3.63) is 176 Å². The topological polar surface area (TPSA) is 61.0 Å². The molecule has 7 aromatic carbocycles. The molecule has 2 aromatic heterocycles. The first kappa shape index (κ1) is 29.3. The van der Waals surface area contributed by atoms with Crippen LogP contribution in [0, 0.1) is 0 Å². The van der Waals surface area contributed by atoms with Crippen molar-refractivity contribution in [2.45, 2.75) is 0 Å². The van der Waals surface area contributed by atoms with E-state index < -0.39 is 0 Å². The van der Waals surface area contributed by atoms with E-state index in [1.165, 1.54) is 0 Å². The van der Waals surface area contributed by atoms with Gasteiger partial charge in [0.05, 0.1) is 0 Å². The molecule has 236 valence electrons. The highest BCUT2D eigenvalue weighted by Gasteiger charge is 2.13. The van der Waals surface area contributed by atoms with Gasteiger partial charge < -0.3 is 9.15 Å². The van der Waals surface area contributed by atoms with Gasteiger partial charge in [0.2, 0.25) is 0 Å². The van der Waals surface area contributed by atoms with Crippen LogP contribution in [-0.4, -0.2) is 15.0 Å². The number of aromatic nitrogens is 3. The summed E-state index contributed by atoms with van der Waals surface area (Å²) >= 11 is 0. The lowest BCUT2D eigenvalue weighted by Crippen LogP contribution is -2.00. The van der Waals surface area contributed by atoms with E-state index in [4.69, 9.17) is 24.1 Å². The smallest absolute Gasteiger partial charge is 0.164 e. The SMILES string of the molecule is c1ccc(-c2nc(-c3ccccc3)nc(-c3ccc(-c4ccc(Oc5ccc(-c6ccc7oc8ccccc8c7c6)cc5)cc4)cc3)n2)cc1. The minimum Gasteiger partial charge on any atom is -0.457 e. The molecule has 9 aromatic rings. The van der Waals surface area contributed by atoms with Gasteiger partial charge in [-0.3, -0.25) is 0 Å². The molecule has 0 saturated heterocycles. The van der Waals surface area contributed by atoms with Crippen LogP contribution < -0.4 is 4.74 Å². The van der Waals surface area contributed by atoms with Gasteiger partial charge in [0.15, 0.2) is 17.5 Å². The highest BCUT2D eigenvalue weighted by atomic mass is 16.5. The van der Waals surface area contributed by atoms with Crippen LogP contribution in [0.1, 0.15) is 0 Å². The zero-order valence-electron chi connectivity index (χ0n) is 26.9. The monoisotopic (exact) mass is 643 g/mol. The minimum atomic E-state index is 0.634. The molecular formula is C45H29N3O2. The largest absolute Gasteiger partial charge is 0.457 e. The van der Waals surface area contributed by atoms with Crippen LogP contribution in [0.5, 0.6) is 11.5 Å². The van der Waals surface area contributed by atoms with Crippen LogP contribution in [0.2, 0.25) is 0 Å². The fraction of sp³-hybridized carbons (Fsp3) is 0. The zero-order chi connectivity index (χ0) is 33.3. The molecule has 5 nitrogen and oxygen atoms in total. The van der Waals surface area contributed by atoms with Crippen LogP contribution in [0.15, 0.2) is 180 Å². The van der Waals surface area contributed by atoms with Crippen molar-refractivity contribution in [2.24, 2.45) is 0 Å². The number of para-hydroxylation sites is 1. The lowest BCUT2D eigenvalue weighted by atomic mass is 10.0. The summed E-state index contributed by atoms with van der Waals surface area (Å²) in [6.07, 6.45) is 0. The summed E-state index contributed by atoms with van der Waals surface area (Å²) < 4.78 is 12.2. The Kier molecular flexibility index (Phi) is 7.41. The molecule has 0 aliphatic heterocycles. The zero-order valence-corrected chi connectivity index (χ0v) is 26.9. The molecule has 0 N–H and O–H groups in total. The summed E-state index contributed by atoms with van der Waals surface area (Å²) in [5, 5.41) is 2.24. The van der Waals surface area contributed by atoms with E-state index in [2.05, 4.69) is 66.7 Å². The highest BCUT2D eigenvalue weighted by molar-refractivity contribution is 6.06. The molecule has 5 heteroatoms. The number of benzene rings is 7. The van der Waals surface area contributed by atoms with E-state index in [1.54, 1.807) is 0 Å². The molecule has 0 saturated carbocycles. The van der Waals surface area contributed by atoms with Crippen LogP contribution in [0.3, 0.4) is 0 Å². The van der Waals surface area contributed by atoms with E-state index in [-0.39, 0.29) is 0 Å². The van der Waals surface area contributed by atoms with E-state index >= 15 is 0 Å². The lowest BCUT2D eigenvalue weighted by molar-refractivity contribution is 0.483. The molecular weight excluding hydrogens is 615 g/mol. The van der Waals surface area contributed by atoms with E-state index in [0.717, 1.165) is 72.4 Å². The molecule has 2 heterocycles. The van der Waals surface area contributed by atoms with E-state index in [9.17, 15) is 0 Å². The Hall–Kier alpha value is -6.85. The van der Waals surface area contributed by atoms with E-state index in [0.29, 0.717) is 17.5 Å². The average molecular weight is 644 g/mol. The Morgan fingerprint density at radius 1 is 0.320 bits per heavy atom. The molecule has 9 rings (SSSR count). The highest BCUT2D eigenvalue weighted by Crippen LogP contribution is 2.34. The summed E-state index contributed by atoms with van der Waals surface area (Å²) in [6, 6.07) is 59.2. The summed E-state index contributed by atoms with van der Waals surface area (Å²) in [6.45, 7) is 0. The van der Waals surface area contributed by atoms with E-state index in [1.807, 2.05) is 109 Å². The number of furan rings is 1. The quantitative estimate of drug-likeness (QED) is 0.173. The van der Waals surface area contributed by atoms with Crippen molar-refractivity contribution in [3.63, 3.8) is 0 Å². The molecule has 0 atom stereocenters. The minimum absolute atomic E-state index is 0.634. The summed E-state index contributed by atoms with van der Waals surface area (Å²) in [7, 11) is 0. The predicted octanol–water partition coefficient (Wildman–Crippen LogP) is 11.9. The van der Waals surface area contributed by atoms with Crippen molar-refractivity contribution in [3.8, 4) is 67.9 Å². The lowest BCUT2D eigenvalue weighted by Gasteiger charge is -2.10. The number of fused-ring (bicyclic) bond motifs is 3. The third kappa shape index (κ3) is 5.78. The Labute approximate surface area is 289 Å². The Morgan fingerprint density at radius 2 is 0.720 bits per heavy atom. The molecule has 0 unspecified atom stereocenters.